The van der Waals surface area contributed by atoms with E-state index in [4.69, 9.17) is 0 Å². The zero-order valence-corrected chi connectivity index (χ0v) is 17.7. The number of carbonyl (C=O) groups is 1. The molecule has 1 aliphatic rings. The van der Waals surface area contributed by atoms with Crippen molar-refractivity contribution in [1.29, 1.82) is 0 Å². The second-order valence-corrected chi connectivity index (χ2v) is 8.87. The average molecular weight is 439 g/mol. The Morgan fingerprint density at radius 2 is 2.16 bits per heavy atom. The highest BCUT2D eigenvalue weighted by atomic mass is 19.1. The van der Waals surface area contributed by atoms with Gasteiger partial charge in [-0.15, -0.1) is 0 Å². The molecule has 0 spiro atoms. The van der Waals surface area contributed by atoms with E-state index in [1.807, 2.05) is 18.3 Å². The number of fused-ring (bicyclic) bond motifs is 2. The van der Waals surface area contributed by atoms with Gasteiger partial charge in [-0.2, -0.15) is 10.1 Å². The highest BCUT2D eigenvalue weighted by molar-refractivity contribution is 6.02. The first-order valence-electron chi connectivity index (χ1n) is 10.4. The van der Waals surface area contributed by atoms with Crippen molar-refractivity contribution in [3.63, 3.8) is 0 Å². The highest BCUT2D eigenvalue weighted by Gasteiger charge is 2.43. The summed E-state index contributed by atoms with van der Waals surface area (Å²) < 4.78 is 29.2. The summed E-state index contributed by atoms with van der Waals surface area (Å²) in [5.41, 5.74) is 0.638. The van der Waals surface area contributed by atoms with Gasteiger partial charge in [0.25, 0.3) is 5.91 Å². The quantitative estimate of drug-likeness (QED) is 0.408. The molecular formula is C22H23F2N7O. The van der Waals surface area contributed by atoms with Gasteiger partial charge in [0.15, 0.2) is 0 Å². The van der Waals surface area contributed by atoms with Gasteiger partial charge in [-0.3, -0.25) is 4.79 Å². The number of halogens is 2. The molecule has 1 amide bonds. The monoisotopic (exact) mass is 439 g/mol. The summed E-state index contributed by atoms with van der Waals surface area (Å²) in [5.74, 6) is -0.0158. The second-order valence-electron chi connectivity index (χ2n) is 8.87. The van der Waals surface area contributed by atoms with Crippen LogP contribution >= 0.6 is 0 Å². The zero-order chi connectivity index (χ0) is 22.5. The first-order valence-corrected chi connectivity index (χ1v) is 10.4. The predicted molar refractivity (Wildman–Crippen MR) is 117 cm³/mol. The van der Waals surface area contributed by atoms with E-state index in [1.54, 1.807) is 16.9 Å². The molecular weight excluding hydrogens is 416 g/mol. The second kappa shape index (κ2) is 7.25. The normalized spacial score (nSPS) is 15.2. The lowest BCUT2D eigenvalue weighted by molar-refractivity contribution is 0.0922. The Balaban J connectivity index is 1.43. The van der Waals surface area contributed by atoms with E-state index in [1.165, 1.54) is 20.0 Å². The number of nitrogens with one attached hydrogen (secondary N) is 3. The molecule has 4 aromatic heterocycles. The first kappa shape index (κ1) is 20.3. The molecule has 0 aliphatic heterocycles. The van der Waals surface area contributed by atoms with Crippen LogP contribution in [0.15, 0.2) is 36.9 Å². The van der Waals surface area contributed by atoms with Crippen molar-refractivity contribution in [1.82, 2.24) is 29.9 Å². The molecule has 3 N–H and O–H groups in total. The molecule has 4 heterocycles. The highest BCUT2D eigenvalue weighted by Crippen LogP contribution is 2.39. The summed E-state index contributed by atoms with van der Waals surface area (Å²) in [4.78, 5) is 24.4. The van der Waals surface area contributed by atoms with Crippen LogP contribution in [0.25, 0.3) is 27.7 Å². The number of anilines is 1. The Morgan fingerprint density at radius 3 is 2.91 bits per heavy atom. The topological polar surface area (TPSA) is 100 Å². The van der Waals surface area contributed by atoms with Gasteiger partial charge in [0, 0.05) is 29.5 Å². The Bertz CT molecular complexity index is 1320. The van der Waals surface area contributed by atoms with Gasteiger partial charge in [0.05, 0.1) is 30.4 Å². The third-order valence-electron chi connectivity index (χ3n) is 5.53. The molecule has 0 saturated heterocycles. The van der Waals surface area contributed by atoms with Crippen LogP contribution in [0.1, 0.15) is 37.0 Å². The zero-order valence-electron chi connectivity index (χ0n) is 17.7. The van der Waals surface area contributed by atoms with Crippen LogP contribution in [-0.4, -0.2) is 54.9 Å². The third kappa shape index (κ3) is 4.00. The van der Waals surface area contributed by atoms with Crippen molar-refractivity contribution in [3.8, 4) is 11.1 Å². The minimum atomic E-state index is -1.51. The molecule has 0 unspecified atom stereocenters. The fourth-order valence-corrected chi connectivity index (χ4v) is 3.49. The van der Waals surface area contributed by atoms with Crippen LogP contribution in [0.3, 0.4) is 0 Å². The molecule has 5 rings (SSSR count). The molecule has 4 aromatic rings. The summed E-state index contributed by atoms with van der Waals surface area (Å²) in [5, 5.41) is 10.6. The fourth-order valence-electron chi connectivity index (χ4n) is 3.49. The van der Waals surface area contributed by atoms with Crippen LogP contribution < -0.4 is 10.6 Å². The van der Waals surface area contributed by atoms with Crippen molar-refractivity contribution < 1.29 is 13.6 Å². The number of carbonyl (C=O) groups excluding carboxylic acids is 1. The van der Waals surface area contributed by atoms with E-state index in [2.05, 4.69) is 30.7 Å². The first-order chi connectivity index (χ1) is 15.2. The maximum Gasteiger partial charge on any atom is 0.255 e. The number of aromatic nitrogens is 5. The number of hydrogen-bond donors (Lipinski definition) is 3. The number of pyridine rings is 1. The SMILES string of the molecule is CC(C)(F)CNC(=O)c1cnn2ccc(-c3c[nH]c4nc(NCC5(F)CC5)ncc34)cc12. The number of rotatable bonds is 7. The van der Waals surface area contributed by atoms with Gasteiger partial charge in [-0.1, -0.05) is 0 Å². The van der Waals surface area contributed by atoms with Crippen molar-refractivity contribution in [2.75, 3.05) is 18.4 Å². The van der Waals surface area contributed by atoms with Gasteiger partial charge in [0.2, 0.25) is 5.95 Å². The van der Waals surface area contributed by atoms with E-state index in [-0.39, 0.29) is 19.0 Å². The Hall–Kier alpha value is -3.56. The standard InChI is InChI=1S/C22H23F2N7O/c1-21(2,23)11-27-19(32)16-10-29-31-6-3-13(7-17(16)31)14-8-25-18-15(14)9-26-20(30-18)28-12-22(24)4-5-22/h3,6-10H,4-5,11-12H2,1-2H3,(H,27,32)(H2,25,26,28,30). The number of nitrogens with zero attached hydrogens (tertiary/aromatic N) is 4. The molecule has 0 bridgehead atoms. The number of hydrogen-bond acceptors (Lipinski definition) is 5. The molecule has 1 saturated carbocycles. The summed E-state index contributed by atoms with van der Waals surface area (Å²) in [7, 11) is 0. The number of aromatic amines is 1. The number of H-pyrrole nitrogens is 1. The molecule has 166 valence electrons. The molecule has 0 aromatic carbocycles. The van der Waals surface area contributed by atoms with Gasteiger partial charge in [0.1, 0.15) is 17.0 Å². The Labute approximate surface area is 182 Å². The van der Waals surface area contributed by atoms with E-state index >= 15 is 0 Å². The van der Waals surface area contributed by atoms with Crippen molar-refractivity contribution >= 4 is 28.4 Å². The summed E-state index contributed by atoms with van der Waals surface area (Å²) >= 11 is 0. The molecule has 8 nitrogen and oxygen atoms in total. The average Bonchev–Trinajstić information content (AvgIpc) is 3.16. The molecule has 1 fully saturated rings. The summed E-state index contributed by atoms with van der Waals surface area (Å²) in [6, 6.07) is 3.72. The third-order valence-corrected chi connectivity index (χ3v) is 5.53. The lowest BCUT2D eigenvalue weighted by Gasteiger charge is -2.14. The maximum atomic E-state index is 13.8. The van der Waals surface area contributed by atoms with E-state index < -0.39 is 11.3 Å². The minimum Gasteiger partial charge on any atom is -0.351 e. The van der Waals surface area contributed by atoms with Gasteiger partial charge < -0.3 is 15.6 Å². The summed E-state index contributed by atoms with van der Waals surface area (Å²) in [6.07, 6.45) is 7.86. The number of amides is 1. The number of alkyl halides is 2. The van der Waals surface area contributed by atoms with E-state index in [9.17, 15) is 13.6 Å². The van der Waals surface area contributed by atoms with Crippen LogP contribution in [0, 0.1) is 0 Å². The summed E-state index contributed by atoms with van der Waals surface area (Å²) in [6.45, 7) is 2.92. The molecule has 1 aliphatic carbocycles. The largest absolute Gasteiger partial charge is 0.351 e. The van der Waals surface area contributed by atoms with Crippen LogP contribution in [-0.2, 0) is 0 Å². The van der Waals surface area contributed by atoms with E-state index in [0.29, 0.717) is 35.5 Å². The molecule has 0 radical (unpaired) electrons. The van der Waals surface area contributed by atoms with Gasteiger partial charge in [-0.25, -0.2) is 18.3 Å². The minimum absolute atomic E-state index is 0.0947. The molecule has 0 atom stereocenters. The van der Waals surface area contributed by atoms with Crippen molar-refractivity contribution in [3.05, 3.63) is 42.5 Å². The fraction of sp³-hybridized carbons (Fsp3) is 0.364. The van der Waals surface area contributed by atoms with Crippen molar-refractivity contribution in [2.45, 2.75) is 38.0 Å². The molecule has 10 heteroatoms. The molecule has 32 heavy (non-hydrogen) atoms. The van der Waals surface area contributed by atoms with Crippen LogP contribution in [0.5, 0.6) is 0 Å². The lowest BCUT2D eigenvalue weighted by Crippen LogP contribution is -2.35. The Morgan fingerprint density at radius 1 is 1.34 bits per heavy atom. The smallest absolute Gasteiger partial charge is 0.255 e. The van der Waals surface area contributed by atoms with Crippen LogP contribution in [0.2, 0.25) is 0 Å². The van der Waals surface area contributed by atoms with Gasteiger partial charge >= 0.3 is 0 Å². The lowest BCUT2D eigenvalue weighted by atomic mass is 10.1. The predicted octanol–water partition coefficient (Wildman–Crippen LogP) is 3.66. The Kier molecular flexibility index (Phi) is 4.61. The van der Waals surface area contributed by atoms with Gasteiger partial charge in [-0.05, 0) is 44.4 Å². The van der Waals surface area contributed by atoms with Crippen LogP contribution in [0.4, 0.5) is 14.7 Å². The van der Waals surface area contributed by atoms with E-state index in [0.717, 1.165) is 16.5 Å². The van der Waals surface area contributed by atoms with Crippen molar-refractivity contribution in [2.24, 2.45) is 0 Å². The maximum absolute atomic E-state index is 13.8.